The van der Waals surface area contributed by atoms with Crippen LogP contribution in [0.4, 0.5) is 26.3 Å². The number of carboxylic acids is 1. The van der Waals surface area contributed by atoms with Crippen LogP contribution in [0.1, 0.15) is 104 Å². The monoisotopic (exact) mass is 839 g/mol. The molecule has 1 aliphatic carbocycles. The molecule has 1 saturated carbocycles. The molecule has 6 rings (SSSR count). The fourth-order valence-electron chi connectivity index (χ4n) is 8.73. The number of halogens is 6. The van der Waals surface area contributed by atoms with E-state index in [2.05, 4.69) is 4.98 Å². The van der Waals surface area contributed by atoms with Gasteiger partial charge in [0.1, 0.15) is 22.1 Å². The van der Waals surface area contributed by atoms with Crippen LogP contribution in [0.2, 0.25) is 0 Å². The summed E-state index contributed by atoms with van der Waals surface area (Å²) in [6.07, 6.45) is -4.23. The first-order chi connectivity index (χ1) is 27.5. The fraction of sp³-hybridized carbons (Fsp3) is 0.561. The van der Waals surface area contributed by atoms with E-state index in [9.17, 15) is 41.0 Å². The van der Waals surface area contributed by atoms with E-state index >= 15 is 4.79 Å². The van der Waals surface area contributed by atoms with Crippen LogP contribution in [0.25, 0.3) is 0 Å². The minimum atomic E-state index is -4.91. The number of rotatable bonds is 14. The molecular weight excluding hydrogens is 793 g/mol. The third-order valence-electron chi connectivity index (χ3n) is 12.0. The average molecular weight is 840 g/mol. The Morgan fingerprint density at radius 3 is 2.28 bits per heavy atom. The summed E-state index contributed by atoms with van der Waals surface area (Å²) < 4.78 is 102. The lowest BCUT2D eigenvalue weighted by molar-refractivity contribution is -0.164. The van der Waals surface area contributed by atoms with Gasteiger partial charge in [-0.15, -0.1) is 11.3 Å². The second-order valence-electron chi connectivity index (χ2n) is 15.3. The molecule has 316 valence electrons. The lowest BCUT2D eigenvalue weighted by Crippen LogP contribution is -2.68. The molecule has 2 aromatic heterocycles. The largest absolute Gasteiger partial charge is 0.493 e. The second-order valence-corrected chi connectivity index (χ2v) is 16.2. The van der Waals surface area contributed by atoms with E-state index in [4.69, 9.17) is 14.2 Å². The summed E-state index contributed by atoms with van der Waals surface area (Å²) in [5.41, 5.74) is -4.93. The van der Waals surface area contributed by atoms with Gasteiger partial charge >= 0.3 is 18.3 Å². The van der Waals surface area contributed by atoms with Crippen molar-refractivity contribution in [2.45, 2.75) is 107 Å². The Morgan fingerprint density at radius 1 is 0.948 bits per heavy atom. The van der Waals surface area contributed by atoms with Crippen molar-refractivity contribution >= 4 is 29.1 Å². The van der Waals surface area contributed by atoms with Crippen LogP contribution in [-0.2, 0) is 32.3 Å². The number of piperidine rings is 2. The molecule has 3 fully saturated rings. The van der Waals surface area contributed by atoms with Crippen molar-refractivity contribution in [3.8, 4) is 11.5 Å². The molecule has 10 nitrogen and oxygen atoms in total. The molecule has 2 unspecified atom stereocenters. The Labute approximate surface area is 336 Å². The molecule has 0 bridgehead atoms. The Morgan fingerprint density at radius 2 is 1.67 bits per heavy atom. The Kier molecular flexibility index (Phi) is 12.7. The molecule has 0 radical (unpaired) electrons. The summed E-state index contributed by atoms with van der Waals surface area (Å²) in [5.74, 6) is -2.14. The van der Waals surface area contributed by atoms with Crippen LogP contribution < -0.4 is 9.47 Å². The van der Waals surface area contributed by atoms with Crippen molar-refractivity contribution in [1.29, 1.82) is 0 Å². The molecule has 2 amide bonds. The second kappa shape index (κ2) is 17.1. The highest BCUT2D eigenvalue weighted by atomic mass is 32.1. The van der Waals surface area contributed by atoms with Crippen molar-refractivity contribution in [3.05, 3.63) is 75.7 Å². The molecule has 2 aliphatic heterocycles. The number of methoxy groups -OCH3 is 1. The molecule has 0 spiro atoms. The first-order valence-electron chi connectivity index (χ1n) is 19.5. The van der Waals surface area contributed by atoms with Crippen LogP contribution in [0, 0.1) is 5.41 Å². The first kappa shape index (κ1) is 43.2. The highest BCUT2D eigenvalue weighted by Crippen LogP contribution is 2.47. The van der Waals surface area contributed by atoms with Gasteiger partial charge in [-0.1, -0.05) is 38.0 Å². The van der Waals surface area contributed by atoms with Gasteiger partial charge in [0, 0.05) is 56.4 Å². The molecule has 58 heavy (non-hydrogen) atoms. The zero-order valence-electron chi connectivity index (χ0n) is 32.3. The minimum Gasteiger partial charge on any atom is -0.493 e. The van der Waals surface area contributed by atoms with Crippen LogP contribution in [0.3, 0.4) is 0 Å². The van der Waals surface area contributed by atoms with Gasteiger partial charge in [0.05, 0.1) is 29.2 Å². The SMILES string of the molecule is CCCC1N(C(=O)c2ncccc2C(F)(F)F)CCCC1(Oc1csc(C(F)(F)F)c1)C(=O)N1CCC(OC)(c2ccccc2OCCCC2(C(=O)O)CCC2)CC1. The Balaban J connectivity index is 1.28. The average Bonchev–Trinajstić information content (AvgIpc) is 3.66. The molecule has 3 aliphatic rings. The molecule has 2 saturated heterocycles. The van der Waals surface area contributed by atoms with Gasteiger partial charge in [-0.05, 0) is 69.6 Å². The predicted molar refractivity (Wildman–Crippen MR) is 200 cm³/mol. The highest BCUT2D eigenvalue weighted by Gasteiger charge is 2.57. The summed E-state index contributed by atoms with van der Waals surface area (Å²) >= 11 is 0.384. The summed E-state index contributed by atoms with van der Waals surface area (Å²) in [6, 6.07) is 8.77. The van der Waals surface area contributed by atoms with Crippen molar-refractivity contribution in [3.63, 3.8) is 0 Å². The number of carbonyl (C=O) groups is 3. The Hall–Kier alpha value is -4.38. The number of carboxylic acid groups (broad SMARTS) is 1. The predicted octanol–water partition coefficient (Wildman–Crippen LogP) is 8.98. The summed E-state index contributed by atoms with van der Waals surface area (Å²) in [4.78, 5) is 46.6. The van der Waals surface area contributed by atoms with E-state index in [1.807, 2.05) is 18.2 Å². The van der Waals surface area contributed by atoms with Gasteiger partial charge in [0.2, 0.25) is 5.60 Å². The van der Waals surface area contributed by atoms with E-state index < -0.39 is 68.9 Å². The number of likely N-dealkylation sites (tertiary alicyclic amines) is 2. The zero-order chi connectivity index (χ0) is 41.9. The first-order valence-corrected chi connectivity index (χ1v) is 20.4. The van der Waals surface area contributed by atoms with E-state index in [-0.39, 0.29) is 64.1 Å². The van der Waals surface area contributed by atoms with Gasteiger partial charge in [0.15, 0.2) is 0 Å². The molecule has 4 heterocycles. The topological polar surface area (TPSA) is 119 Å². The molecular formula is C41H47F6N3O7S. The number of ether oxygens (including phenoxy) is 3. The fourth-order valence-corrected chi connectivity index (χ4v) is 9.41. The summed E-state index contributed by atoms with van der Waals surface area (Å²) in [7, 11) is 1.55. The van der Waals surface area contributed by atoms with Gasteiger partial charge in [-0.3, -0.25) is 19.4 Å². The normalized spacial score (nSPS) is 21.9. The number of aromatic nitrogens is 1. The van der Waals surface area contributed by atoms with Gasteiger partial charge in [-0.25, -0.2) is 0 Å². The van der Waals surface area contributed by atoms with E-state index in [0.717, 1.165) is 41.8 Å². The maximum atomic E-state index is 15.1. The van der Waals surface area contributed by atoms with Gasteiger partial charge in [-0.2, -0.15) is 26.3 Å². The van der Waals surface area contributed by atoms with Crippen LogP contribution >= 0.6 is 11.3 Å². The maximum absolute atomic E-state index is 15.1. The van der Waals surface area contributed by atoms with Gasteiger partial charge < -0.3 is 29.1 Å². The van der Waals surface area contributed by atoms with Crippen LogP contribution in [-0.4, -0.2) is 82.7 Å². The molecule has 1 aromatic carbocycles. The number of pyridine rings is 1. The van der Waals surface area contributed by atoms with Crippen LogP contribution in [0.15, 0.2) is 54.0 Å². The van der Waals surface area contributed by atoms with Gasteiger partial charge in [0.25, 0.3) is 11.8 Å². The lowest BCUT2D eigenvalue weighted by Gasteiger charge is -2.51. The molecule has 17 heteroatoms. The quantitative estimate of drug-likeness (QED) is 0.126. The van der Waals surface area contributed by atoms with Crippen molar-refractivity contribution in [1.82, 2.24) is 14.8 Å². The summed E-state index contributed by atoms with van der Waals surface area (Å²) in [5, 5.41) is 10.9. The third-order valence-corrected chi connectivity index (χ3v) is 12.9. The van der Waals surface area contributed by atoms with Crippen molar-refractivity contribution < 1.29 is 60.0 Å². The maximum Gasteiger partial charge on any atom is 0.425 e. The number of thiophene rings is 1. The summed E-state index contributed by atoms with van der Waals surface area (Å²) in [6.45, 7) is 2.23. The van der Waals surface area contributed by atoms with Crippen molar-refractivity contribution in [2.24, 2.45) is 5.41 Å². The van der Waals surface area contributed by atoms with E-state index in [1.54, 1.807) is 20.1 Å². The number of hydrogen-bond acceptors (Lipinski definition) is 8. The number of aliphatic carboxylic acids is 1. The highest BCUT2D eigenvalue weighted by molar-refractivity contribution is 7.10. The lowest BCUT2D eigenvalue weighted by atomic mass is 9.66. The Bertz CT molecular complexity index is 1940. The number of benzene rings is 1. The standard InChI is InChI=1S/C41H47F6N3O7S/c1-3-10-31-39(57-27-25-32(58-26-27)41(45,46)47,17-8-21-50(31)34(51)33-29(40(42,43)44)12-6-20-48-33)35(52)49-22-18-38(55-2,19-23-49)28-11-4-5-13-30(28)56-24-9-16-37(36(53)54)14-7-15-37/h4-6,11-13,20,25-26,31H,3,7-10,14-19,21-24H2,1-2H3,(H,53,54). The molecule has 1 N–H and O–H groups in total. The number of nitrogens with zero attached hydrogens (tertiary/aromatic N) is 3. The van der Waals surface area contributed by atoms with Crippen LogP contribution in [0.5, 0.6) is 11.5 Å². The minimum absolute atomic E-state index is 0.0163. The zero-order valence-corrected chi connectivity index (χ0v) is 33.1. The van der Waals surface area contributed by atoms with E-state index in [0.29, 0.717) is 49.2 Å². The number of alkyl halides is 6. The number of hydrogen-bond donors (Lipinski definition) is 1. The third kappa shape index (κ3) is 8.52. The van der Waals surface area contributed by atoms with E-state index in [1.165, 1.54) is 9.80 Å². The smallest absolute Gasteiger partial charge is 0.425 e. The number of para-hydroxylation sites is 1. The number of amides is 2. The number of carbonyl (C=O) groups excluding carboxylic acids is 2. The molecule has 3 aromatic rings. The van der Waals surface area contributed by atoms with Crippen molar-refractivity contribution in [2.75, 3.05) is 33.4 Å². The molecule has 2 atom stereocenters.